The number of primary amides is 2. The van der Waals surface area contributed by atoms with Crippen LogP contribution < -0.4 is 21.7 Å². The molecule has 0 saturated carbocycles. The van der Waals surface area contributed by atoms with E-state index in [1.807, 2.05) is 0 Å². The normalized spacial score (nSPS) is 10.1. The minimum absolute atomic E-state index is 0.0657. The van der Waals surface area contributed by atoms with Gasteiger partial charge in [0.05, 0.1) is 5.56 Å². The number of carbonyl (C=O) groups is 2. The predicted octanol–water partition coefficient (Wildman–Crippen LogP) is 2.27. The largest absolute Gasteiger partial charge is 0.366 e. The number of hydrogen-bond donors (Lipinski definition) is 3. The van der Waals surface area contributed by atoms with Crippen LogP contribution in [0.1, 0.15) is 10.4 Å². The molecule has 0 saturated heterocycles. The molecule has 1 heterocycles. The lowest BCUT2D eigenvalue weighted by Crippen LogP contribution is -2.21. The third-order valence-corrected chi connectivity index (χ3v) is 3.56. The van der Waals surface area contributed by atoms with Gasteiger partial charge in [-0.3, -0.25) is 15.1 Å². The predicted molar refractivity (Wildman–Crippen MR) is 73.2 cm³/mol. The third kappa shape index (κ3) is 2.86. The van der Waals surface area contributed by atoms with Crippen LogP contribution in [-0.4, -0.2) is 11.9 Å². The first-order valence-electron chi connectivity index (χ1n) is 5.40. The van der Waals surface area contributed by atoms with Gasteiger partial charge < -0.3 is 11.5 Å². The molecule has 0 aliphatic rings. The fourth-order valence-electron chi connectivity index (χ4n) is 1.59. The van der Waals surface area contributed by atoms with Crippen LogP contribution >= 0.6 is 11.3 Å². The summed E-state index contributed by atoms with van der Waals surface area (Å²) in [7, 11) is 0. The Labute approximate surface area is 117 Å². The molecule has 0 bridgehead atoms. The number of nitrogens with one attached hydrogen (secondary N) is 1. The molecule has 1 aromatic carbocycles. The third-order valence-electron chi connectivity index (χ3n) is 2.46. The van der Waals surface area contributed by atoms with Crippen molar-refractivity contribution in [1.82, 2.24) is 0 Å². The standard InChI is InChI=1S/C12H10FN3O3S/c13-19-7-3-1-6(2-4-7)9-5-8(10(14)17)11(20-9)16-12(15)18/h1-5H,(H2,14,17)(H3,15,16,18). The van der Waals surface area contributed by atoms with Crippen molar-refractivity contribution in [1.29, 1.82) is 0 Å². The number of hydrogen-bond acceptors (Lipinski definition) is 4. The van der Waals surface area contributed by atoms with Crippen molar-refractivity contribution in [3.63, 3.8) is 0 Å². The van der Waals surface area contributed by atoms with Crippen molar-refractivity contribution in [3.05, 3.63) is 35.9 Å². The Kier molecular flexibility index (Phi) is 3.85. The molecule has 0 fully saturated rings. The summed E-state index contributed by atoms with van der Waals surface area (Å²) in [5, 5.41) is 2.61. The number of halogens is 1. The number of carbonyl (C=O) groups excluding carboxylic acids is 2. The van der Waals surface area contributed by atoms with E-state index in [0.717, 1.165) is 16.9 Å². The number of thiophene rings is 1. The number of benzene rings is 1. The Morgan fingerprint density at radius 1 is 1.20 bits per heavy atom. The number of urea groups is 1. The molecule has 5 N–H and O–H groups in total. The lowest BCUT2D eigenvalue weighted by atomic mass is 10.1. The van der Waals surface area contributed by atoms with Gasteiger partial charge in [-0.1, -0.05) is 0 Å². The molecule has 0 spiro atoms. The lowest BCUT2D eigenvalue weighted by molar-refractivity contribution is -0.00618. The highest BCUT2D eigenvalue weighted by atomic mass is 32.1. The summed E-state index contributed by atoms with van der Waals surface area (Å²) in [6.45, 7) is 0. The highest BCUT2D eigenvalue weighted by Crippen LogP contribution is 2.35. The molecular weight excluding hydrogens is 285 g/mol. The smallest absolute Gasteiger partial charge is 0.317 e. The number of rotatable bonds is 4. The van der Waals surface area contributed by atoms with Gasteiger partial charge in [-0.15, -0.1) is 11.3 Å². The van der Waals surface area contributed by atoms with E-state index >= 15 is 0 Å². The summed E-state index contributed by atoms with van der Waals surface area (Å²) in [6, 6.07) is 6.82. The summed E-state index contributed by atoms with van der Waals surface area (Å²) >= 11 is 1.14. The Bertz CT molecular complexity index is 654. The first kappa shape index (κ1) is 13.8. The van der Waals surface area contributed by atoms with Crippen LogP contribution in [0.15, 0.2) is 30.3 Å². The molecule has 2 rings (SSSR count). The molecule has 0 unspecified atom stereocenters. The maximum Gasteiger partial charge on any atom is 0.317 e. The number of anilines is 1. The Morgan fingerprint density at radius 2 is 1.85 bits per heavy atom. The summed E-state index contributed by atoms with van der Waals surface area (Å²) < 4.78 is 12.0. The average Bonchev–Trinajstić information content (AvgIpc) is 2.82. The molecule has 0 radical (unpaired) electrons. The van der Waals surface area contributed by atoms with E-state index in [2.05, 4.69) is 10.3 Å². The maximum absolute atomic E-state index is 12.0. The van der Waals surface area contributed by atoms with E-state index in [1.165, 1.54) is 18.2 Å². The van der Waals surface area contributed by atoms with Crippen LogP contribution in [0.2, 0.25) is 0 Å². The summed E-state index contributed by atoms with van der Waals surface area (Å²) in [5.41, 5.74) is 11.1. The van der Waals surface area contributed by atoms with Crippen LogP contribution in [0.25, 0.3) is 10.4 Å². The zero-order chi connectivity index (χ0) is 14.7. The average molecular weight is 295 g/mol. The highest BCUT2D eigenvalue weighted by Gasteiger charge is 2.16. The monoisotopic (exact) mass is 295 g/mol. The van der Waals surface area contributed by atoms with E-state index < -0.39 is 11.9 Å². The molecular formula is C12H10FN3O3S. The highest BCUT2D eigenvalue weighted by molar-refractivity contribution is 7.20. The fraction of sp³-hybridized carbons (Fsp3) is 0. The maximum atomic E-state index is 12.0. The van der Waals surface area contributed by atoms with Crippen LogP contribution in [-0.2, 0) is 0 Å². The van der Waals surface area contributed by atoms with Gasteiger partial charge in [-0.2, -0.15) is 0 Å². The van der Waals surface area contributed by atoms with E-state index in [-0.39, 0.29) is 16.3 Å². The van der Waals surface area contributed by atoms with Crippen LogP contribution in [0.4, 0.5) is 14.3 Å². The van der Waals surface area contributed by atoms with E-state index in [1.54, 1.807) is 12.1 Å². The van der Waals surface area contributed by atoms with Crippen molar-refractivity contribution < 1.29 is 19.1 Å². The molecule has 6 nitrogen and oxygen atoms in total. The van der Waals surface area contributed by atoms with Gasteiger partial charge in [-0.25, -0.2) is 4.79 Å². The molecule has 0 atom stereocenters. The van der Waals surface area contributed by atoms with Gasteiger partial charge in [0.15, 0.2) is 5.75 Å². The quantitative estimate of drug-likeness (QED) is 0.805. The van der Waals surface area contributed by atoms with Crippen molar-refractivity contribution in [2.24, 2.45) is 11.5 Å². The minimum atomic E-state index is -0.790. The first-order valence-corrected chi connectivity index (χ1v) is 6.22. The molecule has 20 heavy (non-hydrogen) atoms. The number of nitrogens with two attached hydrogens (primary N) is 2. The van der Waals surface area contributed by atoms with Crippen LogP contribution in [0, 0.1) is 0 Å². The van der Waals surface area contributed by atoms with E-state index in [0.29, 0.717) is 4.88 Å². The van der Waals surface area contributed by atoms with Crippen molar-refractivity contribution >= 4 is 28.3 Å². The summed E-state index contributed by atoms with van der Waals surface area (Å²) in [4.78, 5) is 26.5. The summed E-state index contributed by atoms with van der Waals surface area (Å²) in [6.07, 6.45) is 0. The second kappa shape index (κ2) is 5.57. The van der Waals surface area contributed by atoms with E-state index in [4.69, 9.17) is 11.5 Å². The van der Waals surface area contributed by atoms with Gasteiger partial charge >= 0.3 is 6.03 Å². The molecule has 8 heteroatoms. The van der Waals surface area contributed by atoms with Gasteiger partial charge in [0, 0.05) is 9.40 Å². The van der Waals surface area contributed by atoms with Gasteiger partial charge in [0.2, 0.25) is 0 Å². The minimum Gasteiger partial charge on any atom is -0.366 e. The zero-order valence-electron chi connectivity index (χ0n) is 10.1. The first-order chi connectivity index (χ1) is 9.51. The van der Waals surface area contributed by atoms with Crippen molar-refractivity contribution in [3.8, 4) is 16.2 Å². The van der Waals surface area contributed by atoms with Gasteiger partial charge in [0.25, 0.3) is 5.91 Å². The molecule has 0 aliphatic carbocycles. The van der Waals surface area contributed by atoms with E-state index in [9.17, 15) is 14.1 Å². The SMILES string of the molecule is NC(=O)Nc1sc(-c2ccc(OF)cc2)cc1C(N)=O. The van der Waals surface area contributed by atoms with Crippen molar-refractivity contribution in [2.75, 3.05) is 5.32 Å². The molecule has 2 aromatic rings. The lowest BCUT2D eigenvalue weighted by Gasteiger charge is -1.99. The Hall–Kier alpha value is -2.61. The molecule has 0 aliphatic heterocycles. The van der Waals surface area contributed by atoms with Crippen LogP contribution in [0.5, 0.6) is 5.75 Å². The van der Waals surface area contributed by atoms with Gasteiger partial charge in [0.1, 0.15) is 5.00 Å². The van der Waals surface area contributed by atoms with Crippen molar-refractivity contribution in [2.45, 2.75) is 0 Å². The number of amides is 3. The molecule has 104 valence electrons. The summed E-state index contributed by atoms with van der Waals surface area (Å²) in [5.74, 6) is -0.615. The second-order valence-corrected chi connectivity index (χ2v) is 4.86. The topological polar surface area (TPSA) is 107 Å². The second-order valence-electron chi connectivity index (χ2n) is 3.81. The Balaban J connectivity index is 2.41. The Morgan fingerprint density at radius 3 is 2.35 bits per heavy atom. The molecule has 1 aromatic heterocycles. The van der Waals surface area contributed by atoms with Crippen LogP contribution in [0.3, 0.4) is 0 Å². The van der Waals surface area contributed by atoms with Gasteiger partial charge in [-0.05, 0) is 35.9 Å². The zero-order valence-corrected chi connectivity index (χ0v) is 10.9. The molecule has 3 amide bonds. The fourth-order valence-corrected chi connectivity index (χ4v) is 2.66.